The lowest BCUT2D eigenvalue weighted by Gasteiger charge is -2.27. The van der Waals surface area contributed by atoms with E-state index in [1.54, 1.807) is 0 Å². The van der Waals surface area contributed by atoms with Crippen molar-refractivity contribution in [2.24, 2.45) is 0 Å². The van der Waals surface area contributed by atoms with Crippen molar-refractivity contribution in [3.63, 3.8) is 0 Å². The van der Waals surface area contributed by atoms with Crippen molar-refractivity contribution in [2.45, 2.75) is 212 Å². The summed E-state index contributed by atoms with van der Waals surface area (Å²) in [5, 5.41) is 43.2. The van der Waals surface area contributed by atoms with Crippen LogP contribution in [0.4, 0.5) is 0 Å². The maximum atomic E-state index is 12.4. The predicted molar refractivity (Wildman–Crippen MR) is 182 cm³/mol. The van der Waals surface area contributed by atoms with Crippen LogP contribution in [0, 0.1) is 0 Å². The summed E-state index contributed by atoms with van der Waals surface area (Å²) in [6, 6.07) is -0.981. The van der Waals surface area contributed by atoms with E-state index in [0.29, 0.717) is 12.8 Å². The SMILES string of the molecule is CCCCCCCCCCC/C=C\CCCCCCCCC(O)C(=O)NC(CO)C(O)C(O)CCCCCCCCCC. The van der Waals surface area contributed by atoms with Gasteiger partial charge in [-0.1, -0.05) is 161 Å². The molecule has 0 saturated carbocycles. The van der Waals surface area contributed by atoms with E-state index in [1.165, 1.54) is 116 Å². The maximum Gasteiger partial charge on any atom is 0.249 e. The first-order valence-electron chi connectivity index (χ1n) is 18.6. The van der Waals surface area contributed by atoms with Gasteiger partial charge in [-0.2, -0.15) is 0 Å². The van der Waals surface area contributed by atoms with Crippen molar-refractivity contribution in [1.82, 2.24) is 5.32 Å². The van der Waals surface area contributed by atoms with Crippen molar-refractivity contribution in [3.8, 4) is 0 Å². The van der Waals surface area contributed by atoms with Gasteiger partial charge in [-0.15, -0.1) is 0 Å². The molecule has 0 heterocycles. The Labute approximate surface area is 266 Å². The van der Waals surface area contributed by atoms with Crippen LogP contribution in [0.1, 0.15) is 187 Å². The summed E-state index contributed by atoms with van der Waals surface area (Å²) >= 11 is 0. The summed E-state index contributed by atoms with van der Waals surface area (Å²) in [6.07, 6.45) is 32.4. The molecule has 0 aliphatic carbocycles. The summed E-state index contributed by atoms with van der Waals surface area (Å²) in [5.74, 6) is -0.591. The summed E-state index contributed by atoms with van der Waals surface area (Å²) < 4.78 is 0. The summed E-state index contributed by atoms with van der Waals surface area (Å²) in [7, 11) is 0. The normalized spacial score (nSPS) is 14.7. The highest BCUT2D eigenvalue weighted by atomic mass is 16.3. The zero-order valence-electron chi connectivity index (χ0n) is 28.5. The average molecular weight is 612 g/mol. The molecule has 0 aromatic heterocycles. The smallest absolute Gasteiger partial charge is 0.249 e. The number of hydrogen-bond acceptors (Lipinski definition) is 5. The summed E-state index contributed by atoms with van der Waals surface area (Å²) in [6.45, 7) is 3.99. The Morgan fingerprint density at radius 1 is 0.558 bits per heavy atom. The second-order valence-electron chi connectivity index (χ2n) is 12.9. The standard InChI is InChI=1S/C37H73NO5/c1-3-5-7-9-11-13-14-15-16-17-18-19-20-21-22-23-25-27-29-31-35(41)37(43)38-33(32-39)36(42)34(40)30-28-26-24-12-10-8-6-4-2/h18-19,33-36,39-42H,3-17,20-32H2,1-2H3,(H,38,43)/b19-18-. The largest absolute Gasteiger partial charge is 0.394 e. The molecule has 6 nitrogen and oxygen atoms in total. The summed E-state index contributed by atoms with van der Waals surface area (Å²) in [5.41, 5.74) is 0. The minimum atomic E-state index is -1.25. The molecule has 1 amide bonds. The number of aliphatic hydroxyl groups is 4. The van der Waals surface area contributed by atoms with Gasteiger partial charge in [0.25, 0.3) is 0 Å². The number of allylic oxidation sites excluding steroid dienone is 2. The first-order chi connectivity index (χ1) is 21.0. The first-order valence-corrected chi connectivity index (χ1v) is 18.6. The van der Waals surface area contributed by atoms with Gasteiger partial charge >= 0.3 is 0 Å². The van der Waals surface area contributed by atoms with Crippen LogP contribution in [0.25, 0.3) is 0 Å². The number of amides is 1. The molecule has 0 radical (unpaired) electrons. The molecule has 0 aromatic carbocycles. The fourth-order valence-electron chi connectivity index (χ4n) is 5.69. The molecule has 256 valence electrons. The van der Waals surface area contributed by atoms with Crippen LogP contribution in [0.15, 0.2) is 12.2 Å². The minimum Gasteiger partial charge on any atom is -0.394 e. The van der Waals surface area contributed by atoms with Crippen LogP contribution < -0.4 is 5.32 Å². The van der Waals surface area contributed by atoms with Gasteiger partial charge in [-0.25, -0.2) is 0 Å². The van der Waals surface area contributed by atoms with E-state index in [4.69, 9.17) is 0 Å². The van der Waals surface area contributed by atoms with Crippen molar-refractivity contribution < 1.29 is 25.2 Å². The van der Waals surface area contributed by atoms with Gasteiger partial charge in [0, 0.05) is 0 Å². The summed E-state index contributed by atoms with van der Waals surface area (Å²) in [4.78, 5) is 12.4. The number of nitrogens with one attached hydrogen (secondary N) is 1. The van der Waals surface area contributed by atoms with E-state index in [0.717, 1.165) is 44.9 Å². The second kappa shape index (κ2) is 32.4. The van der Waals surface area contributed by atoms with Gasteiger partial charge in [0.2, 0.25) is 5.91 Å². The van der Waals surface area contributed by atoms with Crippen molar-refractivity contribution in [1.29, 1.82) is 0 Å². The quantitative estimate of drug-likeness (QED) is 0.0377. The molecule has 0 bridgehead atoms. The lowest BCUT2D eigenvalue weighted by atomic mass is 9.99. The molecule has 6 heteroatoms. The Balaban J connectivity index is 3.76. The van der Waals surface area contributed by atoms with Gasteiger partial charge in [-0.05, 0) is 38.5 Å². The highest BCUT2D eigenvalue weighted by Gasteiger charge is 2.28. The molecule has 4 atom stereocenters. The molecule has 0 aromatic rings. The highest BCUT2D eigenvalue weighted by Crippen LogP contribution is 2.15. The molecule has 43 heavy (non-hydrogen) atoms. The van der Waals surface area contributed by atoms with Crippen molar-refractivity contribution in [2.75, 3.05) is 6.61 Å². The number of unbranched alkanes of at least 4 members (excludes halogenated alkanes) is 22. The van der Waals surface area contributed by atoms with Gasteiger partial charge in [0.05, 0.1) is 18.8 Å². The number of aliphatic hydroxyl groups excluding tert-OH is 4. The highest BCUT2D eigenvalue weighted by molar-refractivity contribution is 5.80. The van der Waals surface area contributed by atoms with E-state index >= 15 is 0 Å². The number of carbonyl (C=O) groups is 1. The molecule has 0 aliphatic heterocycles. The van der Waals surface area contributed by atoms with Gasteiger partial charge < -0.3 is 25.7 Å². The van der Waals surface area contributed by atoms with Gasteiger partial charge in [-0.3, -0.25) is 4.79 Å². The lowest BCUT2D eigenvalue weighted by molar-refractivity contribution is -0.132. The molecule has 0 spiro atoms. The Bertz CT molecular complexity index is 614. The lowest BCUT2D eigenvalue weighted by Crippen LogP contribution is -2.53. The van der Waals surface area contributed by atoms with E-state index in [1.807, 2.05) is 0 Å². The third-order valence-corrected chi connectivity index (χ3v) is 8.73. The number of hydrogen-bond donors (Lipinski definition) is 5. The minimum absolute atomic E-state index is 0.364. The van der Waals surface area contributed by atoms with E-state index in [9.17, 15) is 25.2 Å². The fourth-order valence-corrected chi connectivity index (χ4v) is 5.69. The van der Waals surface area contributed by atoms with Crippen molar-refractivity contribution >= 4 is 5.91 Å². The second-order valence-corrected chi connectivity index (χ2v) is 12.9. The Hall–Kier alpha value is -0.950. The average Bonchev–Trinajstić information content (AvgIpc) is 3.01. The van der Waals surface area contributed by atoms with E-state index < -0.39 is 36.9 Å². The molecule has 0 aliphatic rings. The third kappa shape index (κ3) is 27.1. The van der Waals surface area contributed by atoms with E-state index in [2.05, 4.69) is 31.3 Å². The number of carbonyl (C=O) groups excluding carboxylic acids is 1. The Kier molecular flexibility index (Phi) is 31.7. The van der Waals surface area contributed by atoms with E-state index in [-0.39, 0.29) is 0 Å². The van der Waals surface area contributed by atoms with Crippen LogP contribution in [0.2, 0.25) is 0 Å². The van der Waals surface area contributed by atoms with Crippen molar-refractivity contribution in [3.05, 3.63) is 12.2 Å². The molecule has 4 unspecified atom stereocenters. The molecule has 0 rings (SSSR count). The molecular formula is C37H73NO5. The maximum absolute atomic E-state index is 12.4. The van der Waals surface area contributed by atoms with Gasteiger partial charge in [0.15, 0.2) is 0 Å². The number of rotatable bonds is 33. The molecule has 0 saturated heterocycles. The fraction of sp³-hybridized carbons (Fsp3) is 0.919. The molecule has 5 N–H and O–H groups in total. The van der Waals surface area contributed by atoms with Crippen LogP contribution in [0.5, 0.6) is 0 Å². The predicted octanol–water partition coefficient (Wildman–Crippen LogP) is 8.67. The topological polar surface area (TPSA) is 110 Å². The van der Waals surface area contributed by atoms with Crippen LogP contribution in [0.3, 0.4) is 0 Å². The molecule has 0 fully saturated rings. The van der Waals surface area contributed by atoms with Crippen LogP contribution >= 0.6 is 0 Å². The van der Waals surface area contributed by atoms with Gasteiger partial charge in [0.1, 0.15) is 12.2 Å². The van der Waals surface area contributed by atoms with Crippen LogP contribution in [-0.2, 0) is 4.79 Å². The third-order valence-electron chi connectivity index (χ3n) is 8.73. The molecular weight excluding hydrogens is 538 g/mol. The first kappa shape index (κ1) is 42.0. The monoisotopic (exact) mass is 612 g/mol. The Morgan fingerprint density at radius 2 is 0.930 bits per heavy atom. The van der Waals surface area contributed by atoms with Crippen LogP contribution in [-0.4, -0.2) is 57.3 Å². The zero-order chi connectivity index (χ0) is 31.8. The zero-order valence-corrected chi connectivity index (χ0v) is 28.5. The Morgan fingerprint density at radius 3 is 1.35 bits per heavy atom.